The largest absolute Gasteiger partial charge is 0.382 e. The van der Waals surface area contributed by atoms with Gasteiger partial charge in [-0.2, -0.15) is 0 Å². The fourth-order valence-corrected chi connectivity index (χ4v) is 2.94. The van der Waals surface area contributed by atoms with Gasteiger partial charge in [0.25, 0.3) is 5.91 Å². The Morgan fingerprint density at radius 2 is 1.76 bits per heavy atom. The van der Waals surface area contributed by atoms with Crippen LogP contribution in [-0.4, -0.2) is 21.8 Å². The highest BCUT2D eigenvalue weighted by atomic mass is 35.5. The second-order valence-electron chi connectivity index (χ2n) is 6.54. The van der Waals surface area contributed by atoms with Crippen molar-refractivity contribution in [1.29, 1.82) is 0 Å². The van der Waals surface area contributed by atoms with Gasteiger partial charge in [-0.05, 0) is 28.8 Å². The van der Waals surface area contributed by atoms with Crippen molar-refractivity contribution in [2.45, 2.75) is 19.4 Å². The second kappa shape index (κ2) is 9.16. The van der Waals surface area contributed by atoms with Crippen LogP contribution in [0, 0.1) is 0 Å². The quantitative estimate of drug-likeness (QED) is 0.552. The molecule has 0 fully saturated rings. The Labute approximate surface area is 173 Å². The Hall–Kier alpha value is -3.45. The van der Waals surface area contributed by atoms with Gasteiger partial charge in [0, 0.05) is 18.0 Å². The van der Waals surface area contributed by atoms with E-state index in [0.29, 0.717) is 23.7 Å². The van der Waals surface area contributed by atoms with E-state index in [1.165, 1.54) is 6.20 Å². The maximum Gasteiger partial charge on any atom is 0.271 e. The van der Waals surface area contributed by atoms with Crippen molar-refractivity contribution in [2.75, 3.05) is 5.73 Å². The molecule has 0 aliphatic rings. The summed E-state index contributed by atoms with van der Waals surface area (Å²) in [5.41, 5.74) is 14.2. The van der Waals surface area contributed by atoms with Crippen LogP contribution in [0.25, 0.3) is 0 Å². The minimum atomic E-state index is -0.714. The van der Waals surface area contributed by atoms with Gasteiger partial charge in [0.05, 0.1) is 18.3 Å². The van der Waals surface area contributed by atoms with Crippen molar-refractivity contribution >= 4 is 29.2 Å². The number of nitrogens with zero attached hydrogens (tertiary/aromatic N) is 2. The molecule has 7 nitrogen and oxygen atoms in total. The third kappa shape index (κ3) is 5.76. The molecule has 3 rings (SSSR count). The van der Waals surface area contributed by atoms with Gasteiger partial charge in [0.15, 0.2) is 11.5 Å². The van der Waals surface area contributed by atoms with Crippen molar-refractivity contribution in [2.24, 2.45) is 5.73 Å². The van der Waals surface area contributed by atoms with E-state index in [-0.39, 0.29) is 23.8 Å². The van der Waals surface area contributed by atoms with Gasteiger partial charge in [-0.1, -0.05) is 48.0 Å². The monoisotopic (exact) mass is 409 g/mol. The zero-order valence-corrected chi connectivity index (χ0v) is 16.3. The van der Waals surface area contributed by atoms with Gasteiger partial charge in [-0.15, -0.1) is 0 Å². The summed E-state index contributed by atoms with van der Waals surface area (Å²) in [4.78, 5) is 31.7. The molecular weight excluding hydrogens is 390 g/mol. The lowest BCUT2D eigenvalue weighted by Gasteiger charge is -2.08. The number of halogens is 1. The number of carbonyl (C=O) groups excluding carboxylic acids is 2. The highest BCUT2D eigenvalue weighted by Gasteiger charge is 2.11. The Morgan fingerprint density at radius 3 is 2.48 bits per heavy atom. The Balaban J connectivity index is 1.61. The molecular formula is C21H20ClN5O2. The molecule has 5 N–H and O–H groups in total. The van der Waals surface area contributed by atoms with Gasteiger partial charge >= 0.3 is 0 Å². The van der Waals surface area contributed by atoms with Gasteiger partial charge in [0.2, 0.25) is 5.91 Å². The molecule has 0 unspecified atom stereocenters. The average molecular weight is 410 g/mol. The number of hydrogen-bond donors (Lipinski definition) is 3. The summed E-state index contributed by atoms with van der Waals surface area (Å²) >= 11 is 5.86. The first-order valence-electron chi connectivity index (χ1n) is 8.91. The first kappa shape index (κ1) is 20.3. The minimum absolute atomic E-state index is 0.0124. The van der Waals surface area contributed by atoms with Crippen LogP contribution in [0.15, 0.2) is 54.7 Å². The number of primary amides is 1. The first-order valence-corrected chi connectivity index (χ1v) is 9.28. The molecule has 1 aromatic heterocycles. The third-order valence-electron chi connectivity index (χ3n) is 4.23. The number of nitrogens with two attached hydrogens (primary N) is 2. The molecule has 0 atom stereocenters. The van der Waals surface area contributed by atoms with Crippen LogP contribution in [0.5, 0.6) is 0 Å². The summed E-state index contributed by atoms with van der Waals surface area (Å²) in [6.07, 6.45) is 2.26. The zero-order valence-electron chi connectivity index (χ0n) is 15.6. The third-order valence-corrected chi connectivity index (χ3v) is 4.48. The van der Waals surface area contributed by atoms with Gasteiger partial charge in [-0.3, -0.25) is 9.59 Å². The summed E-state index contributed by atoms with van der Waals surface area (Å²) in [5.74, 6) is -0.777. The van der Waals surface area contributed by atoms with E-state index < -0.39 is 5.91 Å². The number of anilines is 1. The topological polar surface area (TPSA) is 124 Å². The molecule has 2 aromatic carbocycles. The first-order chi connectivity index (χ1) is 13.9. The Bertz CT molecular complexity index is 1040. The number of aromatic nitrogens is 2. The van der Waals surface area contributed by atoms with Crippen LogP contribution >= 0.6 is 11.6 Å². The van der Waals surface area contributed by atoms with Crippen LogP contribution in [0.1, 0.15) is 32.9 Å². The average Bonchev–Trinajstić information content (AvgIpc) is 2.70. The number of carbonyl (C=O) groups is 2. The molecule has 0 bridgehead atoms. The second-order valence-corrected chi connectivity index (χ2v) is 6.97. The number of amides is 2. The summed E-state index contributed by atoms with van der Waals surface area (Å²) in [6.45, 7) is 0.403. The van der Waals surface area contributed by atoms with Crippen LogP contribution in [0.3, 0.4) is 0 Å². The van der Waals surface area contributed by atoms with E-state index >= 15 is 0 Å². The molecule has 0 spiro atoms. The predicted octanol–water partition coefficient (Wildman–Crippen LogP) is 2.26. The van der Waals surface area contributed by atoms with E-state index in [0.717, 1.165) is 16.7 Å². The van der Waals surface area contributed by atoms with E-state index in [9.17, 15) is 9.59 Å². The van der Waals surface area contributed by atoms with Crippen LogP contribution in [-0.2, 0) is 24.2 Å². The lowest BCUT2D eigenvalue weighted by Crippen LogP contribution is -2.24. The van der Waals surface area contributed by atoms with Gasteiger partial charge in [0.1, 0.15) is 0 Å². The molecule has 0 aliphatic carbocycles. The SMILES string of the molecule is NC(=O)c1nc(Cc2cccc(CNC(=O)Cc3ccc(Cl)cc3)c2)cnc1N. The lowest BCUT2D eigenvalue weighted by molar-refractivity contribution is -0.120. The molecule has 2 amide bonds. The lowest BCUT2D eigenvalue weighted by atomic mass is 10.1. The van der Waals surface area contributed by atoms with Crippen molar-refractivity contribution in [3.63, 3.8) is 0 Å². The normalized spacial score (nSPS) is 10.5. The zero-order chi connectivity index (χ0) is 20.8. The number of nitrogens with one attached hydrogen (secondary N) is 1. The van der Waals surface area contributed by atoms with E-state index in [2.05, 4.69) is 15.3 Å². The van der Waals surface area contributed by atoms with Crippen molar-refractivity contribution in [3.8, 4) is 0 Å². The van der Waals surface area contributed by atoms with Gasteiger partial charge in [-0.25, -0.2) is 9.97 Å². The van der Waals surface area contributed by atoms with Gasteiger partial charge < -0.3 is 16.8 Å². The Kier molecular flexibility index (Phi) is 6.41. The summed E-state index contributed by atoms with van der Waals surface area (Å²) < 4.78 is 0. The van der Waals surface area contributed by atoms with Crippen molar-refractivity contribution in [1.82, 2.24) is 15.3 Å². The summed E-state index contributed by atoms with van der Waals surface area (Å²) in [7, 11) is 0. The Morgan fingerprint density at radius 1 is 1.03 bits per heavy atom. The predicted molar refractivity (Wildman–Crippen MR) is 111 cm³/mol. The van der Waals surface area contributed by atoms with Crippen molar-refractivity contribution in [3.05, 3.63) is 87.8 Å². The van der Waals surface area contributed by atoms with Crippen molar-refractivity contribution < 1.29 is 9.59 Å². The van der Waals surface area contributed by atoms with Crippen LogP contribution in [0.4, 0.5) is 5.82 Å². The molecule has 0 saturated heterocycles. The highest BCUT2D eigenvalue weighted by molar-refractivity contribution is 6.30. The standard InChI is InChI=1S/C21H20ClN5O2/c22-16-6-4-13(5-7-16)10-18(28)25-11-15-3-1-2-14(8-15)9-17-12-26-20(23)19(27-17)21(24)29/h1-8,12H,9-11H2,(H2,23,26)(H2,24,29)(H,25,28). The van der Waals surface area contributed by atoms with Crippen LogP contribution in [0.2, 0.25) is 5.02 Å². The fourth-order valence-electron chi connectivity index (χ4n) is 2.81. The van der Waals surface area contributed by atoms with E-state index in [1.54, 1.807) is 12.1 Å². The maximum atomic E-state index is 12.2. The number of benzene rings is 2. The fraction of sp³-hybridized carbons (Fsp3) is 0.143. The molecule has 148 valence electrons. The number of nitrogen functional groups attached to an aromatic ring is 1. The molecule has 0 aliphatic heterocycles. The number of rotatable bonds is 7. The summed E-state index contributed by atoms with van der Waals surface area (Å²) in [5, 5.41) is 3.55. The number of hydrogen-bond acceptors (Lipinski definition) is 5. The molecule has 0 radical (unpaired) electrons. The molecule has 1 heterocycles. The smallest absolute Gasteiger partial charge is 0.271 e. The summed E-state index contributed by atoms with van der Waals surface area (Å²) in [6, 6.07) is 14.9. The van der Waals surface area contributed by atoms with Crippen LogP contribution < -0.4 is 16.8 Å². The van der Waals surface area contributed by atoms with E-state index in [1.807, 2.05) is 36.4 Å². The molecule has 29 heavy (non-hydrogen) atoms. The molecule has 3 aromatic rings. The molecule has 8 heteroatoms. The van der Waals surface area contributed by atoms with E-state index in [4.69, 9.17) is 23.1 Å². The minimum Gasteiger partial charge on any atom is -0.382 e. The maximum absolute atomic E-state index is 12.2. The molecule has 0 saturated carbocycles. The highest BCUT2D eigenvalue weighted by Crippen LogP contribution is 2.13.